The van der Waals surface area contributed by atoms with E-state index < -0.39 is 0 Å². The number of amides is 2. The van der Waals surface area contributed by atoms with Gasteiger partial charge in [-0.2, -0.15) is 0 Å². The zero-order valence-corrected chi connectivity index (χ0v) is 9.10. The van der Waals surface area contributed by atoms with E-state index in [-0.39, 0.29) is 24.0 Å². The summed E-state index contributed by atoms with van der Waals surface area (Å²) in [6, 6.07) is -0.334. The van der Waals surface area contributed by atoms with Crippen LogP contribution in [0.5, 0.6) is 0 Å². The topological polar surface area (TPSA) is 91.0 Å². The molecular formula is C9H18N4O2. The van der Waals surface area contributed by atoms with Crippen LogP contribution in [-0.4, -0.2) is 40.6 Å². The van der Waals surface area contributed by atoms with Gasteiger partial charge in [0.25, 0.3) is 0 Å². The molecule has 2 amide bonds. The van der Waals surface area contributed by atoms with Crippen molar-refractivity contribution < 1.29 is 10.0 Å². The van der Waals surface area contributed by atoms with Gasteiger partial charge in [-0.1, -0.05) is 5.16 Å². The fraction of sp³-hybridized carbons (Fsp3) is 0.778. The van der Waals surface area contributed by atoms with Crippen molar-refractivity contribution in [2.75, 3.05) is 6.54 Å². The van der Waals surface area contributed by atoms with Crippen molar-refractivity contribution in [3.05, 3.63) is 0 Å². The number of nitrogens with zero attached hydrogens (tertiary/aromatic N) is 2. The molecular weight excluding hydrogens is 196 g/mol. The summed E-state index contributed by atoms with van der Waals surface area (Å²) in [5.74, 6) is 0.103. The summed E-state index contributed by atoms with van der Waals surface area (Å²) in [5.41, 5.74) is 5.52. The number of hydrogen-bond donors (Lipinski definition) is 3. The van der Waals surface area contributed by atoms with Gasteiger partial charge >= 0.3 is 6.03 Å². The highest BCUT2D eigenvalue weighted by molar-refractivity contribution is 5.90. The van der Waals surface area contributed by atoms with Crippen LogP contribution >= 0.6 is 0 Å². The quantitative estimate of drug-likeness (QED) is 0.267. The first-order valence-corrected chi connectivity index (χ1v) is 5.10. The first-order chi connectivity index (χ1) is 7.06. The minimum atomic E-state index is -0.270. The third-order valence-corrected chi connectivity index (χ3v) is 2.38. The van der Waals surface area contributed by atoms with Gasteiger partial charge < -0.3 is 21.2 Å². The van der Waals surface area contributed by atoms with Crippen molar-refractivity contribution in [2.24, 2.45) is 10.9 Å². The monoisotopic (exact) mass is 214 g/mol. The van der Waals surface area contributed by atoms with Gasteiger partial charge in [0.05, 0.1) is 6.04 Å². The van der Waals surface area contributed by atoms with E-state index in [1.54, 1.807) is 4.90 Å². The molecule has 0 bridgehead atoms. The Morgan fingerprint density at radius 2 is 2.33 bits per heavy atom. The van der Waals surface area contributed by atoms with Crippen LogP contribution in [0.1, 0.15) is 26.7 Å². The predicted octanol–water partition coefficient (Wildman–Crippen LogP) is 0.315. The lowest BCUT2D eigenvalue weighted by atomic mass is 10.2. The normalized spacial score (nSPS) is 22.2. The molecule has 1 fully saturated rings. The third kappa shape index (κ3) is 2.74. The summed E-state index contributed by atoms with van der Waals surface area (Å²) < 4.78 is 0. The Bertz CT molecular complexity index is 265. The summed E-state index contributed by atoms with van der Waals surface area (Å²) in [7, 11) is 0. The molecule has 0 aliphatic carbocycles. The molecule has 1 unspecified atom stereocenters. The number of rotatable bonds is 2. The maximum Gasteiger partial charge on any atom is 0.318 e. The van der Waals surface area contributed by atoms with Crippen LogP contribution in [-0.2, 0) is 0 Å². The lowest BCUT2D eigenvalue weighted by Gasteiger charge is -2.24. The molecule has 4 N–H and O–H groups in total. The molecule has 6 nitrogen and oxygen atoms in total. The summed E-state index contributed by atoms with van der Waals surface area (Å²) in [6.07, 6.45) is 1.63. The molecule has 0 radical (unpaired) electrons. The number of carbonyl (C=O) groups is 1. The van der Waals surface area contributed by atoms with Crippen LogP contribution in [0.2, 0.25) is 0 Å². The number of nitrogens with two attached hydrogens (primary N) is 1. The Morgan fingerprint density at radius 1 is 1.67 bits per heavy atom. The van der Waals surface area contributed by atoms with Gasteiger partial charge in [-0.05, 0) is 26.7 Å². The number of oxime groups is 1. The first-order valence-electron chi connectivity index (χ1n) is 5.10. The first kappa shape index (κ1) is 11.6. The van der Waals surface area contributed by atoms with E-state index in [2.05, 4.69) is 10.5 Å². The van der Waals surface area contributed by atoms with Crippen LogP contribution in [0.3, 0.4) is 0 Å². The molecule has 1 aliphatic heterocycles. The van der Waals surface area contributed by atoms with Crippen molar-refractivity contribution >= 4 is 11.9 Å². The number of nitrogens with one attached hydrogen (secondary N) is 1. The number of hydrogen-bond acceptors (Lipinski definition) is 3. The Morgan fingerprint density at radius 3 is 2.87 bits per heavy atom. The summed E-state index contributed by atoms with van der Waals surface area (Å²) in [6.45, 7) is 4.44. The Kier molecular flexibility index (Phi) is 3.76. The lowest BCUT2D eigenvalue weighted by Crippen LogP contribution is -2.49. The minimum Gasteiger partial charge on any atom is -0.409 e. The second-order valence-electron chi connectivity index (χ2n) is 3.98. The largest absolute Gasteiger partial charge is 0.409 e. The maximum atomic E-state index is 11.7. The van der Waals surface area contributed by atoms with Crippen molar-refractivity contribution in [1.82, 2.24) is 10.2 Å². The van der Waals surface area contributed by atoms with Crippen LogP contribution < -0.4 is 11.1 Å². The standard InChI is InChI=1S/C9H18N4O2/c1-6(2)11-9(14)13-5-3-4-7(13)8(10)12-15/h6-7,15H,3-5H2,1-2H3,(H2,10,12)(H,11,14). The van der Waals surface area contributed by atoms with Crippen molar-refractivity contribution in [3.8, 4) is 0 Å². The van der Waals surface area contributed by atoms with E-state index >= 15 is 0 Å². The van der Waals surface area contributed by atoms with Gasteiger partial charge in [-0.3, -0.25) is 0 Å². The summed E-state index contributed by atoms with van der Waals surface area (Å²) in [4.78, 5) is 13.3. The molecule has 0 saturated carbocycles. The third-order valence-electron chi connectivity index (χ3n) is 2.38. The minimum absolute atomic E-state index is 0.0889. The predicted molar refractivity (Wildman–Crippen MR) is 56.8 cm³/mol. The zero-order chi connectivity index (χ0) is 11.4. The van der Waals surface area contributed by atoms with Crippen LogP contribution in [0.4, 0.5) is 4.79 Å². The molecule has 0 aromatic rings. The molecule has 1 heterocycles. The van der Waals surface area contributed by atoms with Gasteiger partial charge in [0.2, 0.25) is 0 Å². The maximum absolute atomic E-state index is 11.7. The van der Waals surface area contributed by atoms with Gasteiger partial charge in [-0.15, -0.1) is 0 Å². The summed E-state index contributed by atoms with van der Waals surface area (Å²) in [5, 5.41) is 14.3. The van der Waals surface area contributed by atoms with Crippen molar-refractivity contribution in [3.63, 3.8) is 0 Å². The van der Waals surface area contributed by atoms with Crippen LogP contribution in [0.15, 0.2) is 5.16 Å². The average molecular weight is 214 g/mol. The molecule has 0 aromatic carbocycles. The number of amidine groups is 1. The van der Waals surface area contributed by atoms with Gasteiger partial charge in [0.15, 0.2) is 5.84 Å². The van der Waals surface area contributed by atoms with Crippen molar-refractivity contribution in [1.29, 1.82) is 0 Å². The van der Waals surface area contributed by atoms with E-state index in [0.29, 0.717) is 6.54 Å². The summed E-state index contributed by atoms with van der Waals surface area (Å²) >= 11 is 0. The van der Waals surface area contributed by atoms with E-state index in [0.717, 1.165) is 12.8 Å². The molecule has 6 heteroatoms. The Balaban J connectivity index is 2.64. The number of carbonyl (C=O) groups excluding carboxylic acids is 1. The Hall–Kier alpha value is -1.46. The highest BCUT2D eigenvalue weighted by Gasteiger charge is 2.31. The van der Waals surface area contributed by atoms with Crippen LogP contribution in [0, 0.1) is 0 Å². The Labute approximate surface area is 89.1 Å². The van der Waals surface area contributed by atoms with E-state index in [9.17, 15) is 4.79 Å². The highest BCUT2D eigenvalue weighted by Crippen LogP contribution is 2.17. The second-order valence-corrected chi connectivity index (χ2v) is 3.98. The molecule has 1 saturated heterocycles. The molecule has 1 atom stereocenters. The SMILES string of the molecule is CC(C)NC(=O)N1CCCC1C(N)=NO. The van der Waals surface area contributed by atoms with E-state index in [4.69, 9.17) is 10.9 Å². The number of likely N-dealkylation sites (tertiary alicyclic amines) is 1. The van der Waals surface area contributed by atoms with E-state index in [1.807, 2.05) is 13.8 Å². The van der Waals surface area contributed by atoms with Gasteiger partial charge in [-0.25, -0.2) is 4.79 Å². The molecule has 0 aromatic heterocycles. The van der Waals surface area contributed by atoms with Crippen molar-refractivity contribution in [2.45, 2.75) is 38.8 Å². The molecule has 1 aliphatic rings. The van der Waals surface area contributed by atoms with Gasteiger partial charge in [0, 0.05) is 12.6 Å². The highest BCUT2D eigenvalue weighted by atomic mass is 16.4. The fourth-order valence-corrected chi connectivity index (χ4v) is 1.71. The molecule has 86 valence electrons. The molecule has 15 heavy (non-hydrogen) atoms. The lowest BCUT2D eigenvalue weighted by molar-refractivity contribution is 0.199. The average Bonchev–Trinajstić information content (AvgIpc) is 2.63. The fourth-order valence-electron chi connectivity index (χ4n) is 1.71. The van der Waals surface area contributed by atoms with Crippen LogP contribution in [0.25, 0.3) is 0 Å². The second kappa shape index (κ2) is 4.86. The van der Waals surface area contributed by atoms with Gasteiger partial charge in [0.1, 0.15) is 0 Å². The molecule has 0 spiro atoms. The smallest absolute Gasteiger partial charge is 0.318 e. The van der Waals surface area contributed by atoms with E-state index in [1.165, 1.54) is 0 Å². The zero-order valence-electron chi connectivity index (χ0n) is 9.10. The molecule has 1 rings (SSSR count). The number of urea groups is 1.